The van der Waals surface area contributed by atoms with E-state index in [1.54, 1.807) is 41.5 Å². The van der Waals surface area contributed by atoms with Crippen LogP contribution in [0.5, 0.6) is 0 Å². The highest BCUT2D eigenvalue weighted by atomic mass is 16.6. The van der Waals surface area contributed by atoms with Crippen molar-refractivity contribution in [3.8, 4) is 11.1 Å². The normalized spacial score (nSPS) is 15.7. The predicted molar refractivity (Wildman–Crippen MR) is 195 cm³/mol. The highest BCUT2D eigenvalue weighted by Gasteiger charge is 2.40. The van der Waals surface area contributed by atoms with Crippen molar-refractivity contribution < 1.29 is 38.2 Å². The third-order valence-corrected chi connectivity index (χ3v) is 7.88. The smallest absolute Gasteiger partial charge is 0.414 e. The molecule has 1 saturated heterocycles. The topological polar surface area (TPSA) is 189 Å². The van der Waals surface area contributed by atoms with Crippen LogP contribution >= 0.6 is 0 Å². The largest absolute Gasteiger partial charge is 0.448 e. The molecule has 2 aliphatic rings. The van der Waals surface area contributed by atoms with Gasteiger partial charge in [0.2, 0.25) is 17.8 Å². The van der Waals surface area contributed by atoms with Gasteiger partial charge in [-0.05, 0) is 83.1 Å². The number of likely N-dealkylation sites (tertiary alicyclic amines) is 1. The monoisotopic (exact) mass is 719 g/mol. The lowest BCUT2D eigenvalue weighted by Gasteiger charge is -2.39. The number of benzene rings is 2. The van der Waals surface area contributed by atoms with E-state index in [0.29, 0.717) is 25.8 Å². The van der Waals surface area contributed by atoms with Gasteiger partial charge < -0.3 is 19.5 Å². The molecule has 280 valence electrons. The molecule has 4 rings (SSSR count). The highest BCUT2D eigenvalue weighted by Crippen LogP contribution is 2.44. The predicted octanol–water partition coefficient (Wildman–Crippen LogP) is 4.80. The van der Waals surface area contributed by atoms with Crippen LogP contribution in [-0.2, 0) is 23.8 Å². The molecule has 15 heteroatoms. The molecule has 1 fully saturated rings. The number of hydrazone groups is 1. The summed E-state index contributed by atoms with van der Waals surface area (Å²) in [6.45, 7) is 12.1. The quantitative estimate of drug-likeness (QED) is 0.0886. The SMILES string of the molecule is CC(=O)N/N=C\[C@H](CCCN=C(NC(=O)OC(C)(C)C)NC(=O)OC(C)(C)C)NC(=O)[C@@H]1CCN1C(=O)OCC1c2ccccc2-c2ccccc21. The minimum absolute atomic E-state index is 0.108. The van der Waals surface area contributed by atoms with Gasteiger partial charge >= 0.3 is 18.3 Å². The molecule has 0 radical (unpaired) electrons. The van der Waals surface area contributed by atoms with E-state index in [0.717, 1.165) is 22.3 Å². The highest BCUT2D eigenvalue weighted by molar-refractivity contribution is 6.01. The van der Waals surface area contributed by atoms with Crippen LogP contribution in [0.15, 0.2) is 58.6 Å². The number of nitrogens with one attached hydrogen (secondary N) is 4. The summed E-state index contributed by atoms with van der Waals surface area (Å²) in [6.07, 6.45) is 0.278. The molecule has 0 spiro atoms. The first-order chi connectivity index (χ1) is 24.5. The molecule has 1 aliphatic heterocycles. The van der Waals surface area contributed by atoms with Crippen LogP contribution in [0.4, 0.5) is 14.4 Å². The van der Waals surface area contributed by atoms with Crippen molar-refractivity contribution in [1.82, 2.24) is 26.3 Å². The molecule has 2 aromatic carbocycles. The number of alkyl carbamates (subject to hydrolysis) is 2. The number of aliphatic imine (C=N–C) groups is 1. The van der Waals surface area contributed by atoms with Crippen LogP contribution in [0.2, 0.25) is 0 Å². The van der Waals surface area contributed by atoms with E-state index >= 15 is 0 Å². The number of nitrogens with zero attached hydrogens (tertiary/aromatic N) is 3. The average molecular weight is 720 g/mol. The van der Waals surface area contributed by atoms with Crippen LogP contribution in [0.25, 0.3) is 11.1 Å². The molecule has 4 N–H and O–H groups in total. The van der Waals surface area contributed by atoms with Crippen LogP contribution in [0, 0.1) is 0 Å². The Balaban J connectivity index is 1.35. The second kappa shape index (κ2) is 17.2. The maximum Gasteiger partial charge on any atom is 0.414 e. The van der Waals surface area contributed by atoms with E-state index in [-0.39, 0.29) is 25.0 Å². The summed E-state index contributed by atoms with van der Waals surface area (Å²) >= 11 is 0. The number of carbonyl (C=O) groups excluding carboxylic acids is 5. The van der Waals surface area contributed by atoms with Gasteiger partial charge in [-0.25, -0.2) is 19.8 Å². The standard InChI is InChI=1S/C37H49N7O8/c1-23(45)43-39-21-24(13-12-19-38-32(41-33(47)51-36(2,3)4)42-34(48)52-37(5,6)7)40-31(46)30-18-20-44(30)35(49)50-22-29-27-16-10-8-14-25(27)26-15-9-11-17-28(26)29/h8-11,14-17,21,24,29-30H,12-13,18-20,22H2,1-7H3,(H,40,46)(H,43,45)(H2,38,41,42,47,48)/b39-21-/t24-,30-/m0/s1. The minimum atomic E-state index is -0.823. The first-order valence-corrected chi connectivity index (χ1v) is 17.3. The number of ether oxygens (including phenoxy) is 3. The minimum Gasteiger partial charge on any atom is -0.448 e. The number of guanidine groups is 1. The fourth-order valence-electron chi connectivity index (χ4n) is 5.65. The lowest BCUT2D eigenvalue weighted by atomic mass is 9.98. The zero-order valence-corrected chi connectivity index (χ0v) is 30.8. The Bertz CT molecular complexity index is 1620. The number of fused-ring (bicyclic) bond motifs is 3. The maximum absolute atomic E-state index is 13.4. The van der Waals surface area contributed by atoms with Gasteiger partial charge in [0, 0.05) is 32.1 Å². The van der Waals surface area contributed by atoms with Crippen molar-refractivity contribution in [2.24, 2.45) is 10.1 Å². The summed E-state index contributed by atoms with van der Waals surface area (Å²) in [5, 5.41) is 11.7. The van der Waals surface area contributed by atoms with Crippen LogP contribution in [0.3, 0.4) is 0 Å². The molecule has 0 saturated carbocycles. The molecule has 52 heavy (non-hydrogen) atoms. The van der Waals surface area contributed by atoms with E-state index in [4.69, 9.17) is 14.2 Å². The van der Waals surface area contributed by atoms with Gasteiger partial charge in [0.25, 0.3) is 0 Å². The van der Waals surface area contributed by atoms with E-state index < -0.39 is 53.4 Å². The van der Waals surface area contributed by atoms with Crippen molar-refractivity contribution in [1.29, 1.82) is 0 Å². The summed E-state index contributed by atoms with van der Waals surface area (Å²) in [5.41, 5.74) is 5.16. The molecular weight excluding hydrogens is 670 g/mol. The number of rotatable bonds is 10. The van der Waals surface area contributed by atoms with Gasteiger partial charge in [0.15, 0.2) is 0 Å². The number of amides is 5. The number of carbonyl (C=O) groups is 5. The van der Waals surface area contributed by atoms with Crippen molar-refractivity contribution in [2.45, 2.75) is 96.9 Å². The molecule has 0 bridgehead atoms. The Morgan fingerprint density at radius 1 is 0.885 bits per heavy atom. The van der Waals surface area contributed by atoms with Crippen LogP contribution < -0.4 is 21.4 Å². The van der Waals surface area contributed by atoms with Crippen molar-refractivity contribution in [2.75, 3.05) is 19.7 Å². The summed E-state index contributed by atoms with van der Waals surface area (Å²) in [7, 11) is 0. The van der Waals surface area contributed by atoms with E-state index in [1.165, 1.54) is 18.0 Å². The Morgan fingerprint density at radius 3 is 1.94 bits per heavy atom. The van der Waals surface area contributed by atoms with Gasteiger partial charge in [-0.15, -0.1) is 0 Å². The molecule has 2 atom stereocenters. The van der Waals surface area contributed by atoms with Gasteiger partial charge in [0.1, 0.15) is 23.9 Å². The molecule has 0 unspecified atom stereocenters. The molecule has 2 aromatic rings. The third kappa shape index (κ3) is 11.5. The number of hydrogen-bond donors (Lipinski definition) is 4. The second-order valence-electron chi connectivity index (χ2n) is 14.5. The lowest BCUT2D eigenvalue weighted by Crippen LogP contribution is -2.59. The van der Waals surface area contributed by atoms with Crippen molar-refractivity contribution >= 4 is 42.3 Å². The zero-order valence-electron chi connectivity index (χ0n) is 30.8. The average Bonchev–Trinajstić information content (AvgIpc) is 3.32. The van der Waals surface area contributed by atoms with Crippen molar-refractivity contribution in [3.63, 3.8) is 0 Å². The van der Waals surface area contributed by atoms with Gasteiger partial charge in [-0.3, -0.25) is 30.1 Å². The number of hydrogen-bond acceptors (Lipinski definition) is 10. The van der Waals surface area contributed by atoms with E-state index in [1.807, 2.05) is 36.4 Å². The summed E-state index contributed by atoms with van der Waals surface area (Å²) in [4.78, 5) is 68.5. The zero-order chi connectivity index (χ0) is 38.1. The van der Waals surface area contributed by atoms with Gasteiger partial charge in [0.05, 0.1) is 6.04 Å². The van der Waals surface area contributed by atoms with E-state index in [9.17, 15) is 24.0 Å². The Morgan fingerprint density at radius 2 is 1.44 bits per heavy atom. The molecule has 1 heterocycles. The van der Waals surface area contributed by atoms with Crippen LogP contribution in [-0.4, -0.2) is 90.2 Å². The fraction of sp³-hybridized carbons (Fsp3) is 0.486. The molecule has 5 amide bonds. The molecular formula is C37H49N7O8. The summed E-state index contributed by atoms with van der Waals surface area (Å²) < 4.78 is 16.3. The second-order valence-corrected chi connectivity index (χ2v) is 14.5. The van der Waals surface area contributed by atoms with E-state index in [2.05, 4.69) is 43.6 Å². The molecule has 15 nitrogen and oxygen atoms in total. The molecule has 0 aromatic heterocycles. The summed E-state index contributed by atoms with van der Waals surface area (Å²) in [6, 6.07) is 14.7. The maximum atomic E-state index is 13.4. The molecule has 1 aliphatic carbocycles. The van der Waals surface area contributed by atoms with Crippen molar-refractivity contribution in [3.05, 3.63) is 59.7 Å². The summed E-state index contributed by atoms with van der Waals surface area (Å²) in [5.74, 6) is -1.08. The first-order valence-electron chi connectivity index (χ1n) is 17.3. The van der Waals surface area contributed by atoms with Gasteiger partial charge in [-0.2, -0.15) is 5.10 Å². The Kier molecular flexibility index (Phi) is 13.0. The first kappa shape index (κ1) is 39.3. The Hall–Kier alpha value is -5.47. The lowest BCUT2D eigenvalue weighted by molar-refractivity contribution is -0.130. The van der Waals surface area contributed by atoms with Gasteiger partial charge in [-0.1, -0.05) is 48.5 Å². The fourth-order valence-corrected chi connectivity index (χ4v) is 5.65. The third-order valence-electron chi connectivity index (χ3n) is 7.88. The Labute approximate surface area is 303 Å². The van der Waals surface area contributed by atoms with Crippen LogP contribution in [0.1, 0.15) is 84.8 Å².